The van der Waals surface area contributed by atoms with Crippen molar-refractivity contribution in [2.24, 2.45) is 7.05 Å². The van der Waals surface area contributed by atoms with Crippen LogP contribution in [0.4, 0.5) is 0 Å². The number of benzene rings is 2. The third-order valence-corrected chi connectivity index (χ3v) is 5.35. The number of hydrogen-bond acceptors (Lipinski definition) is 6. The molecule has 0 radical (unpaired) electrons. The van der Waals surface area contributed by atoms with Crippen molar-refractivity contribution in [3.05, 3.63) is 76.1 Å². The normalized spacial score (nSPS) is 11.1. The summed E-state index contributed by atoms with van der Waals surface area (Å²) in [6.07, 6.45) is 0. The van der Waals surface area contributed by atoms with Crippen LogP contribution in [-0.2, 0) is 19.4 Å². The second kappa shape index (κ2) is 7.85. The molecule has 0 unspecified atom stereocenters. The highest BCUT2D eigenvalue weighted by Crippen LogP contribution is 2.21. The number of para-hydroxylation sites is 1. The molecular formula is C20H19N5O2S. The third kappa shape index (κ3) is 3.91. The van der Waals surface area contributed by atoms with Crippen LogP contribution in [-0.4, -0.2) is 24.7 Å². The van der Waals surface area contributed by atoms with Crippen LogP contribution in [0.3, 0.4) is 0 Å². The monoisotopic (exact) mass is 393 g/mol. The van der Waals surface area contributed by atoms with Gasteiger partial charge in [0, 0.05) is 7.05 Å². The summed E-state index contributed by atoms with van der Waals surface area (Å²) in [4.78, 5) is 19.5. The van der Waals surface area contributed by atoms with Gasteiger partial charge in [0.1, 0.15) is 18.2 Å². The third-order valence-electron chi connectivity index (χ3n) is 4.31. The van der Waals surface area contributed by atoms with Crippen LogP contribution >= 0.6 is 11.8 Å². The lowest BCUT2D eigenvalue weighted by Gasteiger charge is -2.07. The maximum atomic E-state index is 12.2. The highest BCUT2D eigenvalue weighted by molar-refractivity contribution is 7.98. The minimum atomic E-state index is -0.133. The number of nitrogens with zero attached hydrogens (tertiary/aromatic N) is 4. The maximum Gasteiger partial charge on any atom is 0.258 e. The first-order valence-corrected chi connectivity index (χ1v) is 9.77. The van der Waals surface area contributed by atoms with Crippen LogP contribution in [0.15, 0.2) is 58.5 Å². The smallest absolute Gasteiger partial charge is 0.258 e. The van der Waals surface area contributed by atoms with Gasteiger partial charge >= 0.3 is 0 Å². The zero-order chi connectivity index (χ0) is 19.5. The summed E-state index contributed by atoms with van der Waals surface area (Å²) >= 11 is 1.46. The minimum Gasteiger partial charge on any atom is -0.486 e. The zero-order valence-corrected chi connectivity index (χ0v) is 16.4. The summed E-state index contributed by atoms with van der Waals surface area (Å²) in [6, 6.07) is 15.2. The number of aromatic amines is 1. The molecule has 0 atom stereocenters. The molecule has 8 heteroatoms. The molecule has 0 saturated carbocycles. The first-order valence-electron chi connectivity index (χ1n) is 8.78. The summed E-state index contributed by atoms with van der Waals surface area (Å²) in [5.41, 5.74) is 1.74. The Morgan fingerprint density at radius 1 is 1.11 bits per heavy atom. The number of hydrogen-bond donors (Lipinski definition) is 1. The standard InChI is InChI=1S/C20H19N5O2S/c1-13-7-9-14(10-8-13)27-11-18-23-24-20(25(18)2)28-12-17-21-16-6-4-3-5-15(16)19(26)22-17/h3-10H,11-12H2,1-2H3,(H,21,22,26). The topological polar surface area (TPSA) is 85.7 Å². The molecule has 0 fully saturated rings. The van der Waals surface area contributed by atoms with Crippen LogP contribution in [0.2, 0.25) is 0 Å². The molecule has 0 aliphatic rings. The van der Waals surface area contributed by atoms with E-state index in [2.05, 4.69) is 20.2 Å². The van der Waals surface area contributed by atoms with Gasteiger partial charge in [-0.2, -0.15) is 0 Å². The Hall–Kier alpha value is -3.13. The molecular weight excluding hydrogens is 374 g/mol. The Bertz CT molecular complexity index is 1170. The molecule has 28 heavy (non-hydrogen) atoms. The van der Waals surface area contributed by atoms with Crippen molar-refractivity contribution in [2.75, 3.05) is 0 Å². The van der Waals surface area contributed by atoms with E-state index in [1.807, 2.05) is 61.0 Å². The van der Waals surface area contributed by atoms with Crippen molar-refractivity contribution < 1.29 is 4.74 Å². The Balaban J connectivity index is 1.43. The quantitative estimate of drug-likeness (QED) is 0.506. The van der Waals surface area contributed by atoms with Gasteiger partial charge in [-0.15, -0.1) is 10.2 Å². The molecule has 4 rings (SSSR count). The number of nitrogens with one attached hydrogen (secondary N) is 1. The fraction of sp³-hybridized carbons (Fsp3) is 0.200. The number of ether oxygens (including phenoxy) is 1. The first-order chi connectivity index (χ1) is 13.6. The second-order valence-corrected chi connectivity index (χ2v) is 7.32. The van der Waals surface area contributed by atoms with Crippen molar-refractivity contribution in [3.63, 3.8) is 0 Å². The molecule has 0 saturated heterocycles. The van der Waals surface area contributed by atoms with E-state index in [1.165, 1.54) is 17.3 Å². The molecule has 2 heterocycles. The summed E-state index contributed by atoms with van der Waals surface area (Å²) in [5.74, 6) is 2.61. The average Bonchev–Trinajstić information content (AvgIpc) is 3.06. The largest absolute Gasteiger partial charge is 0.486 e. The van der Waals surface area contributed by atoms with Gasteiger partial charge in [-0.1, -0.05) is 41.6 Å². The van der Waals surface area contributed by atoms with E-state index in [1.54, 1.807) is 6.07 Å². The molecule has 142 valence electrons. The van der Waals surface area contributed by atoms with Crippen molar-refractivity contribution >= 4 is 22.7 Å². The molecule has 0 aliphatic carbocycles. The van der Waals surface area contributed by atoms with Gasteiger partial charge in [-0.05, 0) is 31.2 Å². The molecule has 1 N–H and O–H groups in total. The van der Waals surface area contributed by atoms with Gasteiger partial charge in [-0.3, -0.25) is 4.79 Å². The van der Waals surface area contributed by atoms with E-state index in [0.29, 0.717) is 29.1 Å². The number of aromatic nitrogens is 5. The minimum absolute atomic E-state index is 0.133. The van der Waals surface area contributed by atoms with Crippen molar-refractivity contribution in [1.82, 2.24) is 24.7 Å². The Labute approximate surface area is 165 Å². The summed E-state index contributed by atoms with van der Waals surface area (Å²) in [6.45, 7) is 2.37. The Morgan fingerprint density at radius 2 is 1.89 bits per heavy atom. The van der Waals surface area contributed by atoms with E-state index >= 15 is 0 Å². The summed E-state index contributed by atoms with van der Waals surface area (Å²) in [7, 11) is 1.90. The maximum absolute atomic E-state index is 12.2. The highest BCUT2D eigenvalue weighted by Gasteiger charge is 2.11. The van der Waals surface area contributed by atoms with Gasteiger partial charge in [0.15, 0.2) is 11.0 Å². The van der Waals surface area contributed by atoms with Gasteiger partial charge in [0.25, 0.3) is 5.56 Å². The molecule has 7 nitrogen and oxygen atoms in total. The number of H-pyrrole nitrogens is 1. The SMILES string of the molecule is Cc1ccc(OCc2nnc(SCc3nc4ccccc4c(=O)[nH]3)n2C)cc1. The molecule has 2 aromatic heterocycles. The Morgan fingerprint density at radius 3 is 2.71 bits per heavy atom. The number of aryl methyl sites for hydroxylation is 1. The molecule has 2 aromatic carbocycles. The van der Waals surface area contributed by atoms with Crippen LogP contribution in [0.5, 0.6) is 5.75 Å². The molecule has 0 amide bonds. The zero-order valence-electron chi connectivity index (χ0n) is 15.5. The predicted molar refractivity (Wildman–Crippen MR) is 108 cm³/mol. The first kappa shape index (κ1) is 18.2. The van der Waals surface area contributed by atoms with Gasteiger partial charge < -0.3 is 14.3 Å². The summed E-state index contributed by atoms with van der Waals surface area (Å²) < 4.78 is 7.66. The number of thioether (sulfide) groups is 1. The van der Waals surface area contributed by atoms with E-state index in [9.17, 15) is 4.79 Å². The molecule has 0 aliphatic heterocycles. The van der Waals surface area contributed by atoms with Crippen LogP contribution in [0, 0.1) is 6.92 Å². The lowest BCUT2D eigenvalue weighted by molar-refractivity contribution is 0.290. The van der Waals surface area contributed by atoms with Crippen LogP contribution in [0.25, 0.3) is 10.9 Å². The highest BCUT2D eigenvalue weighted by atomic mass is 32.2. The molecule has 4 aromatic rings. The van der Waals surface area contributed by atoms with Crippen LogP contribution in [0.1, 0.15) is 17.2 Å². The Kier molecular flexibility index (Phi) is 5.12. The second-order valence-electron chi connectivity index (χ2n) is 6.38. The lowest BCUT2D eigenvalue weighted by Crippen LogP contribution is -2.11. The van der Waals surface area contributed by atoms with E-state index < -0.39 is 0 Å². The van der Waals surface area contributed by atoms with Crippen molar-refractivity contribution in [1.29, 1.82) is 0 Å². The van der Waals surface area contributed by atoms with Gasteiger partial charge in [0.2, 0.25) is 0 Å². The number of rotatable bonds is 6. The predicted octanol–water partition coefficient (Wildman–Crippen LogP) is 3.23. The molecule has 0 bridgehead atoms. The van der Waals surface area contributed by atoms with Crippen molar-refractivity contribution in [3.8, 4) is 5.75 Å². The number of fused-ring (bicyclic) bond motifs is 1. The van der Waals surface area contributed by atoms with Gasteiger partial charge in [0.05, 0.1) is 16.7 Å². The average molecular weight is 393 g/mol. The van der Waals surface area contributed by atoms with Gasteiger partial charge in [-0.25, -0.2) is 4.98 Å². The van der Waals surface area contributed by atoms with E-state index in [-0.39, 0.29) is 5.56 Å². The fourth-order valence-corrected chi connectivity index (χ4v) is 3.52. The van der Waals surface area contributed by atoms with E-state index in [0.717, 1.165) is 16.7 Å². The van der Waals surface area contributed by atoms with Crippen molar-refractivity contribution in [2.45, 2.75) is 24.4 Å². The van der Waals surface area contributed by atoms with Crippen LogP contribution < -0.4 is 10.3 Å². The lowest BCUT2D eigenvalue weighted by atomic mass is 10.2. The molecule has 0 spiro atoms. The summed E-state index contributed by atoms with van der Waals surface area (Å²) in [5, 5.41) is 9.74. The van der Waals surface area contributed by atoms with E-state index in [4.69, 9.17) is 4.74 Å². The fourth-order valence-electron chi connectivity index (χ4n) is 2.71.